The summed E-state index contributed by atoms with van der Waals surface area (Å²) in [4.78, 5) is 14.6. The standard InChI is InChI=1S/C18H22FN5O/c1-23-15(7-8-22-23)18-14(9-16(25)24(18)12-5-6-12)21-10-11-3-2-4-13(19)17(11)20/h2-4,7-8,12,14,18,21H,5-6,9-10,20H2,1H3/t14-,18-/m1/s1. The van der Waals surface area contributed by atoms with E-state index in [-0.39, 0.29) is 23.7 Å². The van der Waals surface area contributed by atoms with Crippen LogP contribution in [-0.2, 0) is 18.4 Å². The number of amides is 1. The first-order chi connectivity index (χ1) is 12.1. The van der Waals surface area contributed by atoms with Crippen LogP contribution in [0.25, 0.3) is 0 Å². The van der Waals surface area contributed by atoms with Gasteiger partial charge in [-0.2, -0.15) is 5.10 Å². The number of hydrogen-bond donors (Lipinski definition) is 2. The molecule has 2 atom stereocenters. The van der Waals surface area contributed by atoms with Gasteiger partial charge in [0.05, 0.1) is 17.4 Å². The lowest BCUT2D eigenvalue weighted by molar-refractivity contribution is -0.129. The fraction of sp³-hybridized carbons (Fsp3) is 0.444. The molecule has 2 aliphatic rings. The van der Waals surface area contributed by atoms with Crippen LogP contribution in [0.4, 0.5) is 10.1 Å². The van der Waals surface area contributed by atoms with Crippen molar-refractivity contribution in [2.45, 2.75) is 43.9 Å². The number of halogens is 1. The summed E-state index contributed by atoms with van der Waals surface area (Å²) in [6.07, 6.45) is 4.31. The highest BCUT2D eigenvalue weighted by Crippen LogP contribution is 2.41. The van der Waals surface area contributed by atoms with Gasteiger partial charge in [0.2, 0.25) is 5.91 Å². The number of aryl methyl sites for hydroxylation is 1. The maximum atomic E-state index is 13.6. The Morgan fingerprint density at radius 1 is 1.36 bits per heavy atom. The molecule has 1 aliphatic carbocycles. The van der Waals surface area contributed by atoms with E-state index < -0.39 is 5.82 Å². The van der Waals surface area contributed by atoms with Crippen molar-refractivity contribution in [1.29, 1.82) is 0 Å². The van der Waals surface area contributed by atoms with Crippen molar-refractivity contribution in [2.75, 3.05) is 5.73 Å². The van der Waals surface area contributed by atoms with E-state index in [1.165, 1.54) is 6.07 Å². The lowest BCUT2D eigenvalue weighted by atomic mass is 10.0. The molecule has 0 radical (unpaired) electrons. The summed E-state index contributed by atoms with van der Waals surface area (Å²) < 4.78 is 15.5. The average Bonchev–Trinajstić information content (AvgIpc) is 3.25. The number of carbonyl (C=O) groups is 1. The molecule has 0 spiro atoms. The van der Waals surface area contributed by atoms with Crippen LogP contribution in [-0.4, -0.2) is 32.7 Å². The molecule has 2 aromatic rings. The Kier molecular flexibility index (Phi) is 3.95. The highest BCUT2D eigenvalue weighted by molar-refractivity contribution is 5.81. The SMILES string of the molecule is Cn1nccc1[C@H]1[C@H](NCc2cccc(F)c2N)CC(=O)N1C1CC1. The number of anilines is 1. The van der Waals surface area contributed by atoms with Crippen LogP contribution >= 0.6 is 0 Å². The van der Waals surface area contributed by atoms with Gasteiger partial charge in [-0.3, -0.25) is 9.48 Å². The van der Waals surface area contributed by atoms with E-state index in [9.17, 15) is 9.18 Å². The number of hydrogen-bond acceptors (Lipinski definition) is 4. The van der Waals surface area contributed by atoms with E-state index in [4.69, 9.17) is 5.73 Å². The molecular weight excluding hydrogens is 321 g/mol. The van der Waals surface area contributed by atoms with Crippen LogP contribution < -0.4 is 11.1 Å². The highest BCUT2D eigenvalue weighted by atomic mass is 19.1. The van der Waals surface area contributed by atoms with E-state index in [2.05, 4.69) is 10.4 Å². The number of nitrogen functional groups attached to an aromatic ring is 1. The van der Waals surface area contributed by atoms with Crippen molar-refractivity contribution < 1.29 is 9.18 Å². The topological polar surface area (TPSA) is 76.2 Å². The molecule has 2 fully saturated rings. The van der Waals surface area contributed by atoms with Gasteiger partial charge < -0.3 is 16.0 Å². The van der Waals surface area contributed by atoms with Crippen molar-refractivity contribution >= 4 is 11.6 Å². The zero-order valence-electron chi connectivity index (χ0n) is 14.2. The minimum atomic E-state index is -0.412. The molecule has 4 rings (SSSR count). The van der Waals surface area contributed by atoms with Crippen LogP contribution in [0, 0.1) is 5.82 Å². The lowest BCUT2D eigenvalue weighted by Gasteiger charge is -2.29. The zero-order chi connectivity index (χ0) is 17.6. The quantitative estimate of drug-likeness (QED) is 0.811. The number of rotatable bonds is 5. The maximum absolute atomic E-state index is 13.6. The molecule has 0 bridgehead atoms. The summed E-state index contributed by atoms with van der Waals surface area (Å²) in [7, 11) is 1.89. The highest BCUT2D eigenvalue weighted by Gasteiger charge is 2.48. The van der Waals surface area contributed by atoms with Crippen LogP contribution in [0.15, 0.2) is 30.5 Å². The third-order valence-electron chi connectivity index (χ3n) is 5.16. The molecular formula is C18H22FN5O. The van der Waals surface area contributed by atoms with Gasteiger partial charge in [0.25, 0.3) is 0 Å². The summed E-state index contributed by atoms with van der Waals surface area (Å²) in [5, 5.41) is 7.68. The number of benzene rings is 1. The molecule has 132 valence electrons. The molecule has 6 nitrogen and oxygen atoms in total. The van der Waals surface area contributed by atoms with Gasteiger partial charge in [-0.05, 0) is 30.5 Å². The summed E-state index contributed by atoms with van der Waals surface area (Å²) >= 11 is 0. The Balaban J connectivity index is 1.58. The van der Waals surface area contributed by atoms with E-state index in [1.54, 1.807) is 18.3 Å². The number of carbonyl (C=O) groups excluding carboxylic acids is 1. The first-order valence-electron chi connectivity index (χ1n) is 8.61. The second-order valence-corrected chi connectivity index (χ2v) is 6.86. The Morgan fingerprint density at radius 3 is 2.84 bits per heavy atom. The number of nitrogens with two attached hydrogens (primary N) is 1. The van der Waals surface area contributed by atoms with Gasteiger partial charge in [0.1, 0.15) is 5.82 Å². The van der Waals surface area contributed by atoms with Gasteiger partial charge in [-0.25, -0.2) is 4.39 Å². The van der Waals surface area contributed by atoms with Crippen LogP contribution in [0.2, 0.25) is 0 Å². The van der Waals surface area contributed by atoms with E-state index in [0.717, 1.165) is 18.5 Å². The monoisotopic (exact) mass is 343 g/mol. The molecule has 2 heterocycles. The Bertz CT molecular complexity index is 801. The third kappa shape index (κ3) is 2.89. The van der Waals surface area contributed by atoms with Crippen LogP contribution in [0.1, 0.15) is 36.6 Å². The van der Waals surface area contributed by atoms with Gasteiger partial charge >= 0.3 is 0 Å². The Hall–Kier alpha value is -2.41. The number of nitrogens with one attached hydrogen (secondary N) is 1. The number of nitrogens with zero attached hydrogens (tertiary/aromatic N) is 3. The fourth-order valence-electron chi connectivity index (χ4n) is 3.72. The normalized spacial score (nSPS) is 23.4. The zero-order valence-corrected chi connectivity index (χ0v) is 14.2. The smallest absolute Gasteiger partial charge is 0.225 e. The fourth-order valence-corrected chi connectivity index (χ4v) is 3.72. The summed E-state index contributed by atoms with van der Waals surface area (Å²) in [5.41, 5.74) is 7.72. The summed E-state index contributed by atoms with van der Waals surface area (Å²) in [6.45, 7) is 0.425. The van der Waals surface area contributed by atoms with Crippen molar-refractivity contribution in [1.82, 2.24) is 20.0 Å². The summed E-state index contributed by atoms with van der Waals surface area (Å²) in [5.74, 6) is -0.247. The molecule has 1 aromatic carbocycles. The molecule has 1 amide bonds. The van der Waals surface area contributed by atoms with Gasteiger partial charge in [-0.15, -0.1) is 0 Å². The van der Waals surface area contributed by atoms with Gasteiger partial charge in [0.15, 0.2) is 0 Å². The molecule has 1 aromatic heterocycles. The number of likely N-dealkylation sites (tertiary alicyclic amines) is 1. The number of para-hydroxylation sites is 1. The largest absolute Gasteiger partial charge is 0.396 e. The lowest BCUT2D eigenvalue weighted by Crippen LogP contribution is -2.38. The average molecular weight is 343 g/mol. The first-order valence-corrected chi connectivity index (χ1v) is 8.61. The van der Waals surface area contributed by atoms with E-state index in [1.807, 2.05) is 22.7 Å². The predicted octanol–water partition coefficient (Wildman–Crippen LogP) is 1.74. The molecule has 1 aliphatic heterocycles. The number of aromatic nitrogens is 2. The van der Waals surface area contributed by atoms with Gasteiger partial charge in [0, 0.05) is 38.3 Å². The molecule has 1 saturated carbocycles. The minimum Gasteiger partial charge on any atom is -0.396 e. The van der Waals surface area contributed by atoms with Crippen molar-refractivity contribution in [3.05, 3.63) is 47.5 Å². The predicted molar refractivity (Wildman–Crippen MR) is 91.9 cm³/mol. The molecule has 3 N–H and O–H groups in total. The van der Waals surface area contributed by atoms with Gasteiger partial charge in [-0.1, -0.05) is 12.1 Å². The molecule has 7 heteroatoms. The van der Waals surface area contributed by atoms with Crippen molar-refractivity contribution in [3.8, 4) is 0 Å². The molecule has 25 heavy (non-hydrogen) atoms. The minimum absolute atomic E-state index is 0.0498. The maximum Gasteiger partial charge on any atom is 0.225 e. The van der Waals surface area contributed by atoms with E-state index in [0.29, 0.717) is 24.6 Å². The van der Waals surface area contributed by atoms with Crippen molar-refractivity contribution in [3.63, 3.8) is 0 Å². The Morgan fingerprint density at radius 2 is 2.16 bits per heavy atom. The first kappa shape index (κ1) is 16.1. The Labute approximate surface area is 145 Å². The van der Waals surface area contributed by atoms with Crippen LogP contribution in [0.3, 0.4) is 0 Å². The second kappa shape index (κ2) is 6.15. The molecule has 0 unspecified atom stereocenters. The summed E-state index contributed by atoms with van der Waals surface area (Å²) in [6, 6.07) is 7.00. The van der Waals surface area contributed by atoms with Crippen molar-refractivity contribution in [2.24, 2.45) is 7.05 Å². The molecule has 1 saturated heterocycles. The van der Waals surface area contributed by atoms with E-state index >= 15 is 0 Å². The van der Waals surface area contributed by atoms with Crippen LogP contribution in [0.5, 0.6) is 0 Å². The third-order valence-corrected chi connectivity index (χ3v) is 5.16. The second-order valence-electron chi connectivity index (χ2n) is 6.86.